The van der Waals surface area contributed by atoms with Gasteiger partial charge in [0.15, 0.2) is 0 Å². The largest absolute Gasteiger partial charge is 0.380 e. The summed E-state index contributed by atoms with van der Waals surface area (Å²) in [6, 6.07) is 8.01. The quantitative estimate of drug-likeness (QED) is 0.941. The van der Waals surface area contributed by atoms with Crippen molar-refractivity contribution >= 4 is 27.4 Å². The monoisotopic (exact) mass is 293 g/mol. The van der Waals surface area contributed by atoms with Crippen molar-refractivity contribution in [1.82, 2.24) is 9.97 Å². The standard InChI is InChI=1S/C12H12BrN3O/c1-17-7-9-2-4-10(5-3-9)16-12-11(13)6-14-8-15-12/h2-6,8H,7H2,1H3,(H,14,15,16). The molecule has 0 spiro atoms. The number of aromatic nitrogens is 2. The molecule has 1 aromatic carbocycles. The molecule has 1 aromatic heterocycles. The van der Waals surface area contributed by atoms with Crippen LogP contribution in [0.5, 0.6) is 0 Å². The predicted octanol–water partition coefficient (Wildman–Crippen LogP) is 3.13. The molecule has 2 aromatic rings. The van der Waals surface area contributed by atoms with Crippen LogP contribution in [0, 0.1) is 0 Å². The lowest BCUT2D eigenvalue weighted by Crippen LogP contribution is -1.95. The molecule has 0 bridgehead atoms. The van der Waals surface area contributed by atoms with Crippen LogP contribution in [-0.2, 0) is 11.3 Å². The second kappa shape index (κ2) is 5.75. The molecule has 0 aliphatic rings. The minimum Gasteiger partial charge on any atom is -0.380 e. The Morgan fingerprint density at radius 1 is 1.29 bits per heavy atom. The molecule has 0 aliphatic carbocycles. The Kier molecular flexibility index (Phi) is 4.06. The number of benzene rings is 1. The van der Waals surface area contributed by atoms with Gasteiger partial charge >= 0.3 is 0 Å². The molecule has 0 radical (unpaired) electrons. The van der Waals surface area contributed by atoms with Crippen molar-refractivity contribution in [2.75, 3.05) is 12.4 Å². The van der Waals surface area contributed by atoms with Crippen molar-refractivity contribution in [1.29, 1.82) is 0 Å². The lowest BCUT2D eigenvalue weighted by molar-refractivity contribution is 0.185. The van der Waals surface area contributed by atoms with E-state index >= 15 is 0 Å². The highest BCUT2D eigenvalue weighted by molar-refractivity contribution is 9.10. The second-order valence-electron chi connectivity index (χ2n) is 3.47. The number of ether oxygens (including phenoxy) is 1. The zero-order valence-corrected chi connectivity index (χ0v) is 10.9. The maximum absolute atomic E-state index is 5.06. The number of rotatable bonds is 4. The molecule has 0 fully saturated rings. The van der Waals surface area contributed by atoms with Crippen LogP contribution in [0.1, 0.15) is 5.56 Å². The van der Waals surface area contributed by atoms with Gasteiger partial charge in [0.05, 0.1) is 11.1 Å². The third-order valence-corrected chi connectivity index (χ3v) is 2.78. The zero-order chi connectivity index (χ0) is 12.1. The van der Waals surface area contributed by atoms with Gasteiger partial charge < -0.3 is 10.1 Å². The molecule has 0 saturated heterocycles. The number of halogens is 1. The molecule has 0 amide bonds. The van der Waals surface area contributed by atoms with E-state index in [-0.39, 0.29) is 0 Å². The molecule has 88 valence electrons. The van der Waals surface area contributed by atoms with Gasteiger partial charge in [0.25, 0.3) is 0 Å². The van der Waals surface area contributed by atoms with E-state index in [1.807, 2.05) is 24.3 Å². The van der Waals surface area contributed by atoms with Crippen molar-refractivity contribution in [3.63, 3.8) is 0 Å². The van der Waals surface area contributed by atoms with Gasteiger partial charge in [0.2, 0.25) is 0 Å². The lowest BCUT2D eigenvalue weighted by Gasteiger charge is -2.07. The van der Waals surface area contributed by atoms with Gasteiger partial charge in [0, 0.05) is 19.0 Å². The van der Waals surface area contributed by atoms with Crippen LogP contribution in [0.25, 0.3) is 0 Å². The van der Waals surface area contributed by atoms with Crippen LogP contribution < -0.4 is 5.32 Å². The molecule has 0 unspecified atom stereocenters. The van der Waals surface area contributed by atoms with Crippen molar-refractivity contribution in [3.05, 3.63) is 46.8 Å². The summed E-state index contributed by atoms with van der Waals surface area (Å²) < 4.78 is 5.89. The first-order valence-corrected chi connectivity index (χ1v) is 5.89. The lowest BCUT2D eigenvalue weighted by atomic mass is 10.2. The molecular weight excluding hydrogens is 282 g/mol. The molecule has 4 nitrogen and oxygen atoms in total. The molecule has 0 aliphatic heterocycles. The van der Waals surface area contributed by atoms with Crippen molar-refractivity contribution in [2.24, 2.45) is 0 Å². The summed E-state index contributed by atoms with van der Waals surface area (Å²) in [5.74, 6) is 0.750. The van der Waals surface area contributed by atoms with E-state index in [0.717, 1.165) is 21.5 Å². The van der Waals surface area contributed by atoms with Gasteiger partial charge in [0.1, 0.15) is 12.1 Å². The first-order valence-electron chi connectivity index (χ1n) is 5.10. The summed E-state index contributed by atoms with van der Waals surface area (Å²) in [6.07, 6.45) is 3.21. The Bertz CT molecular complexity index is 487. The van der Waals surface area contributed by atoms with Crippen LogP contribution in [0.15, 0.2) is 41.3 Å². The molecule has 1 heterocycles. The van der Waals surface area contributed by atoms with E-state index in [2.05, 4.69) is 31.2 Å². The van der Waals surface area contributed by atoms with E-state index < -0.39 is 0 Å². The van der Waals surface area contributed by atoms with E-state index in [4.69, 9.17) is 4.74 Å². The highest BCUT2D eigenvalue weighted by Crippen LogP contribution is 2.22. The molecule has 1 N–H and O–H groups in total. The van der Waals surface area contributed by atoms with Crippen LogP contribution in [0.3, 0.4) is 0 Å². The van der Waals surface area contributed by atoms with E-state index in [1.165, 1.54) is 6.33 Å². The third-order valence-electron chi connectivity index (χ3n) is 2.20. The van der Waals surface area contributed by atoms with Gasteiger partial charge in [-0.25, -0.2) is 9.97 Å². The number of nitrogens with zero attached hydrogens (tertiary/aromatic N) is 2. The minimum atomic E-state index is 0.623. The molecule has 5 heteroatoms. The number of anilines is 2. The van der Waals surface area contributed by atoms with Gasteiger partial charge in [-0.1, -0.05) is 12.1 Å². The highest BCUT2D eigenvalue weighted by Gasteiger charge is 2.01. The smallest absolute Gasteiger partial charge is 0.148 e. The Morgan fingerprint density at radius 2 is 2.06 bits per heavy atom. The number of methoxy groups -OCH3 is 1. The fourth-order valence-electron chi connectivity index (χ4n) is 1.39. The van der Waals surface area contributed by atoms with Gasteiger partial charge in [-0.2, -0.15) is 0 Å². The molecule has 0 saturated carbocycles. The average molecular weight is 294 g/mol. The van der Waals surface area contributed by atoms with Crippen molar-refractivity contribution in [3.8, 4) is 0 Å². The molecule has 2 rings (SSSR count). The van der Waals surface area contributed by atoms with Crippen molar-refractivity contribution in [2.45, 2.75) is 6.61 Å². The fraction of sp³-hybridized carbons (Fsp3) is 0.167. The Hall–Kier alpha value is -1.46. The topological polar surface area (TPSA) is 47.0 Å². The SMILES string of the molecule is COCc1ccc(Nc2ncncc2Br)cc1. The van der Waals surface area contributed by atoms with Gasteiger partial charge in [-0.3, -0.25) is 0 Å². The van der Waals surface area contributed by atoms with E-state index in [1.54, 1.807) is 13.3 Å². The number of hydrogen-bond acceptors (Lipinski definition) is 4. The maximum Gasteiger partial charge on any atom is 0.148 e. The third kappa shape index (κ3) is 3.25. The molecule has 17 heavy (non-hydrogen) atoms. The van der Waals surface area contributed by atoms with Gasteiger partial charge in [-0.05, 0) is 33.6 Å². The van der Waals surface area contributed by atoms with Crippen LogP contribution in [-0.4, -0.2) is 17.1 Å². The second-order valence-corrected chi connectivity index (χ2v) is 4.33. The van der Waals surface area contributed by atoms with Crippen LogP contribution in [0.2, 0.25) is 0 Å². The van der Waals surface area contributed by atoms with Crippen molar-refractivity contribution < 1.29 is 4.74 Å². The summed E-state index contributed by atoms with van der Waals surface area (Å²) in [6.45, 7) is 0.623. The van der Waals surface area contributed by atoms with Crippen LogP contribution in [0.4, 0.5) is 11.5 Å². The minimum absolute atomic E-state index is 0.623. The van der Waals surface area contributed by atoms with E-state index in [0.29, 0.717) is 6.61 Å². The summed E-state index contributed by atoms with van der Waals surface area (Å²) in [5.41, 5.74) is 2.11. The first kappa shape index (κ1) is 12.0. The fourth-order valence-corrected chi connectivity index (χ4v) is 1.71. The van der Waals surface area contributed by atoms with E-state index in [9.17, 15) is 0 Å². The Labute approximate surface area is 108 Å². The maximum atomic E-state index is 5.06. The Balaban J connectivity index is 2.11. The summed E-state index contributed by atoms with van der Waals surface area (Å²) in [5, 5.41) is 3.20. The first-order chi connectivity index (χ1) is 8.29. The number of hydrogen-bond donors (Lipinski definition) is 1. The zero-order valence-electron chi connectivity index (χ0n) is 9.35. The predicted molar refractivity (Wildman–Crippen MR) is 70.2 cm³/mol. The Morgan fingerprint density at radius 3 is 2.71 bits per heavy atom. The molecule has 0 atom stereocenters. The number of nitrogens with one attached hydrogen (secondary N) is 1. The molecular formula is C12H12BrN3O. The summed E-state index contributed by atoms with van der Waals surface area (Å²) in [7, 11) is 1.68. The normalized spacial score (nSPS) is 10.2. The van der Waals surface area contributed by atoms with Gasteiger partial charge in [-0.15, -0.1) is 0 Å². The van der Waals surface area contributed by atoms with Crippen LogP contribution >= 0.6 is 15.9 Å². The summed E-state index contributed by atoms with van der Waals surface area (Å²) >= 11 is 3.39. The highest BCUT2D eigenvalue weighted by atomic mass is 79.9. The average Bonchev–Trinajstić information content (AvgIpc) is 2.35. The summed E-state index contributed by atoms with van der Waals surface area (Å²) in [4.78, 5) is 8.05.